The molecule has 94 valence electrons. The second-order valence-corrected chi connectivity index (χ2v) is 4.92. The third-order valence-electron chi connectivity index (χ3n) is 3.42. The third kappa shape index (κ3) is 2.31. The van der Waals surface area contributed by atoms with E-state index in [0.717, 1.165) is 25.6 Å². The first kappa shape index (κ1) is 11.5. The number of hydrogen-bond acceptors (Lipinski definition) is 2. The van der Waals surface area contributed by atoms with E-state index in [1.54, 1.807) is 0 Å². The molecule has 3 nitrogen and oxygen atoms in total. The maximum atomic E-state index is 4.73. The lowest BCUT2D eigenvalue weighted by molar-refractivity contribution is 0.610. The predicted molar refractivity (Wildman–Crippen MR) is 74.4 cm³/mol. The highest BCUT2D eigenvalue weighted by molar-refractivity contribution is 5.81. The minimum Gasteiger partial charge on any atom is -0.308 e. The van der Waals surface area contributed by atoms with Crippen LogP contribution in [0, 0.1) is 0 Å². The number of allylic oxidation sites excluding steroid dienone is 1. The zero-order valence-corrected chi connectivity index (χ0v) is 10.6. The van der Waals surface area contributed by atoms with Gasteiger partial charge in [0.1, 0.15) is 0 Å². The van der Waals surface area contributed by atoms with Crippen LogP contribution in [-0.4, -0.2) is 15.8 Å². The van der Waals surface area contributed by atoms with Gasteiger partial charge >= 0.3 is 0 Å². The lowest BCUT2D eigenvalue weighted by Gasteiger charge is -2.00. The maximum Gasteiger partial charge on any atom is 0.0841 e. The van der Waals surface area contributed by atoms with E-state index in [4.69, 9.17) is 5.10 Å². The van der Waals surface area contributed by atoms with E-state index < -0.39 is 0 Å². The molecule has 0 atom stereocenters. The Morgan fingerprint density at radius 2 is 2.22 bits per heavy atom. The molecule has 0 aliphatic heterocycles. The topological polar surface area (TPSA) is 29.9 Å². The summed E-state index contributed by atoms with van der Waals surface area (Å²) in [7, 11) is 0. The zero-order valence-electron chi connectivity index (χ0n) is 10.6. The minimum absolute atomic E-state index is 0.724. The highest BCUT2D eigenvalue weighted by Gasteiger charge is 2.21. The summed E-state index contributed by atoms with van der Waals surface area (Å²) in [6.45, 7) is 5.57. The number of para-hydroxylation sites is 1. The number of nitrogens with zero attached hydrogens (tertiary/aromatic N) is 2. The van der Waals surface area contributed by atoms with E-state index in [1.165, 1.54) is 29.4 Å². The molecule has 3 rings (SSSR count). The number of rotatable bonds is 6. The van der Waals surface area contributed by atoms with Crippen molar-refractivity contribution in [2.24, 2.45) is 0 Å². The van der Waals surface area contributed by atoms with Crippen LogP contribution in [0.25, 0.3) is 10.9 Å². The van der Waals surface area contributed by atoms with Crippen molar-refractivity contribution in [2.45, 2.75) is 38.4 Å². The van der Waals surface area contributed by atoms with Gasteiger partial charge in [0.05, 0.1) is 11.2 Å². The second kappa shape index (κ2) is 4.94. The van der Waals surface area contributed by atoms with Gasteiger partial charge in [-0.1, -0.05) is 24.3 Å². The molecule has 1 saturated carbocycles. The van der Waals surface area contributed by atoms with E-state index >= 15 is 0 Å². The van der Waals surface area contributed by atoms with Crippen molar-refractivity contribution in [3.05, 3.63) is 42.6 Å². The molecule has 0 amide bonds. The van der Waals surface area contributed by atoms with Crippen LogP contribution < -0.4 is 5.32 Å². The minimum atomic E-state index is 0.724. The first-order valence-corrected chi connectivity index (χ1v) is 6.67. The molecule has 18 heavy (non-hydrogen) atoms. The van der Waals surface area contributed by atoms with Gasteiger partial charge in [-0.3, -0.25) is 4.68 Å². The Labute approximate surface area is 107 Å². The van der Waals surface area contributed by atoms with Gasteiger partial charge in [0.25, 0.3) is 0 Å². The Morgan fingerprint density at radius 3 is 3.00 bits per heavy atom. The summed E-state index contributed by atoms with van der Waals surface area (Å²) in [5, 5.41) is 9.54. The number of aryl methyl sites for hydroxylation is 1. The quantitative estimate of drug-likeness (QED) is 0.788. The third-order valence-corrected chi connectivity index (χ3v) is 3.42. The normalized spacial score (nSPS) is 15.1. The molecule has 0 radical (unpaired) electrons. The first-order valence-electron chi connectivity index (χ1n) is 6.67. The molecule has 1 aromatic carbocycles. The Balaban J connectivity index is 1.88. The fourth-order valence-electron chi connectivity index (χ4n) is 2.24. The van der Waals surface area contributed by atoms with E-state index in [2.05, 4.69) is 40.8 Å². The molecule has 1 fully saturated rings. The zero-order chi connectivity index (χ0) is 12.4. The number of aromatic nitrogens is 2. The van der Waals surface area contributed by atoms with Gasteiger partial charge < -0.3 is 5.32 Å². The van der Waals surface area contributed by atoms with Crippen molar-refractivity contribution in [3.8, 4) is 0 Å². The number of nitrogens with one attached hydrogen (secondary N) is 1. The molecule has 2 aromatic rings. The average Bonchev–Trinajstić information content (AvgIpc) is 3.17. The molecule has 0 unspecified atom stereocenters. The van der Waals surface area contributed by atoms with Crippen LogP contribution in [0.4, 0.5) is 0 Å². The molecular weight excluding hydrogens is 222 g/mol. The number of hydrogen-bond donors (Lipinski definition) is 1. The summed E-state index contributed by atoms with van der Waals surface area (Å²) in [6.07, 6.45) is 5.53. The average molecular weight is 241 g/mol. The van der Waals surface area contributed by atoms with Gasteiger partial charge in [-0.15, -0.1) is 6.58 Å². The molecule has 1 aromatic heterocycles. The molecule has 1 N–H and O–H groups in total. The monoisotopic (exact) mass is 241 g/mol. The van der Waals surface area contributed by atoms with Crippen LogP contribution >= 0.6 is 0 Å². The van der Waals surface area contributed by atoms with E-state index in [1.807, 2.05) is 6.08 Å². The molecule has 3 heteroatoms. The van der Waals surface area contributed by atoms with E-state index in [-0.39, 0.29) is 0 Å². The fraction of sp³-hybridized carbons (Fsp3) is 0.400. The van der Waals surface area contributed by atoms with Crippen molar-refractivity contribution in [1.29, 1.82) is 0 Å². The Morgan fingerprint density at radius 1 is 1.39 bits per heavy atom. The Hall–Kier alpha value is -1.61. The Kier molecular flexibility index (Phi) is 3.15. The lowest BCUT2D eigenvalue weighted by atomic mass is 10.2. The fourth-order valence-corrected chi connectivity index (χ4v) is 2.24. The van der Waals surface area contributed by atoms with Crippen LogP contribution in [0.1, 0.15) is 25.0 Å². The highest BCUT2D eigenvalue weighted by Crippen LogP contribution is 2.22. The van der Waals surface area contributed by atoms with Crippen LogP contribution in [-0.2, 0) is 13.1 Å². The molecule has 0 spiro atoms. The molecule has 1 heterocycles. The summed E-state index contributed by atoms with van der Waals surface area (Å²) >= 11 is 0. The van der Waals surface area contributed by atoms with Crippen molar-refractivity contribution in [3.63, 3.8) is 0 Å². The van der Waals surface area contributed by atoms with E-state index in [0.29, 0.717) is 0 Å². The Bertz CT molecular complexity index is 552. The van der Waals surface area contributed by atoms with Crippen LogP contribution in [0.2, 0.25) is 0 Å². The summed E-state index contributed by atoms with van der Waals surface area (Å²) in [5.41, 5.74) is 2.40. The van der Waals surface area contributed by atoms with Gasteiger partial charge in [-0.05, 0) is 25.3 Å². The standard InChI is InChI=1S/C15H19N3/c1-2-3-10-18-15-7-5-4-6-13(15)14(17-18)11-16-12-8-9-12/h2,4-7,12,16H,1,3,8-11H2. The van der Waals surface area contributed by atoms with Crippen molar-refractivity contribution >= 4 is 10.9 Å². The van der Waals surface area contributed by atoms with Gasteiger partial charge in [0, 0.05) is 24.5 Å². The van der Waals surface area contributed by atoms with Crippen molar-refractivity contribution < 1.29 is 0 Å². The summed E-state index contributed by atoms with van der Waals surface area (Å²) in [6, 6.07) is 9.19. The molecule has 1 aliphatic carbocycles. The number of fused-ring (bicyclic) bond motifs is 1. The lowest BCUT2D eigenvalue weighted by Crippen LogP contribution is -2.16. The first-order chi connectivity index (χ1) is 8.88. The molecule has 0 bridgehead atoms. The van der Waals surface area contributed by atoms with Crippen LogP contribution in [0.5, 0.6) is 0 Å². The van der Waals surface area contributed by atoms with E-state index in [9.17, 15) is 0 Å². The molecular formula is C15H19N3. The highest BCUT2D eigenvalue weighted by atomic mass is 15.3. The smallest absolute Gasteiger partial charge is 0.0841 e. The molecule has 0 saturated heterocycles. The van der Waals surface area contributed by atoms with Gasteiger partial charge in [0.15, 0.2) is 0 Å². The van der Waals surface area contributed by atoms with Gasteiger partial charge in [-0.25, -0.2) is 0 Å². The summed E-state index contributed by atoms with van der Waals surface area (Å²) in [4.78, 5) is 0. The van der Waals surface area contributed by atoms with Crippen molar-refractivity contribution in [2.75, 3.05) is 0 Å². The van der Waals surface area contributed by atoms with Crippen molar-refractivity contribution in [1.82, 2.24) is 15.1 Å². The molecule has 1 aliphatic rings. The van der Waals surface area contributed by atoms with Gasteiger partial charge in [0.2, 0.25) is 0 Å². The SMILES string of the molecule is C=CCCn1nc(CNC2CC2)c2ccccc21. The predicted octanol–water partition coefficient (Wildman–Crippen LogP) is 2.86. The second-order valence-electron chi connectivity index (χ2n) is 4.92. The summed E-state index contributed by atoms with van der Waals surface area (Å²) < 4.78 is 2.10. The maximum absolute atomic E-state index is 4.73. The largest absolute Gasteiger partial charge is 0.308 e. The van der Waals surface area contributed by atoms with Gasteiger partial charge in [-0.2, -0.15) is 5.10 Å². The van der Waals surface area contributed by atoms with Crippen LogP contribution in [0.15, 0.2) is 36.9 Å². The van der Waals surface area contributed by atoms with Crippen LogP contribution in [0.3, 0.4) is 0 Å². The number of benzene rings is 1. The summed E-state index contributed by atoms with van der Waals surface area (Å²) in [5.74, 6) is 0.